The molecule has 2 heterocycles. The highest BCUT2D eigenvalue weighted by Crippen LogP contribution is 2.21. The second-order valence-electron chi connectivity index (χ2n) is 6.30. The van der Waals surface area contributed by atoms with Crippen LogP contribution in [-0.2, 0) is 0 Å². The highest BCUT2D eigenvalue weighted by atomic mass is 35.5. The molecule has 0 unspecified atom stereocenters. The minimum atomic E-state index is -0.634. The van der Waals surface area contributed by atoms with Gasteiger partial charge in [0.05, 0.1) is 16.8 Å². The average Bonchev–Trinajstić information content (AvgIpc) is 2.70. The number of anilines is 1. The first kappa shape index (κ1) is 18.8. The fraction of sp³-hybridized carbons (Fsp3) is 0.0476. The lowest BCUT2D eigenvalue weighted by atomic mass is 10.2. The van der Waals surface area contributed by atoms with Crippen LogP contribution in [0.3, 0.4) is 0 Å². The van der Waals surface area contributed by atoms with Gasteiger partial charge in [0.2, 0.25) is 0 Å². The summed E-state index contributed by atoms with van der Waals surface area (Å²) in [6.07, 6.45) is 1.56. The Morgan fingerprint density at radius 2 is 1.97 bits per heavy atom. The Bertz CT molecular complexity index is 1320. The van der Waals surface area contributed by atoms with Crippen LogP contribution in [0, 0.1) is 12.7 Å². The Balaban J connectivity index is 1.77. The van der Waals surface area contributed by atoms with Crippen molar-refractivity contribution in [1.29, 1.82) is 0 Å². The van der Waals surface area contributed by atoms with Crippen LogP contribution in [0.4, 0.5) is 10.1 Å². The molecule has 2 aromatic carbocycles. The molecule has 29 heavy (non-hydrogen) atoms. The molecule has 0 atom stereocenters. The molecule has 0 saturated heterocycles. The number of nitrogens with zero attached hydrogens (tertiary/aromatic N) is 3. The van der Waals surface area contributed by atoms with Crippen molar-refractivity contribution in [2.45, 2.75) is 6.92 Å². The maximum Gasteiger partial charge on any atom is 0.267 e. The van der Waals surface area contributed by atoms with E-state index in [1.165, 1.54) is 28.8 Å². The normalized spacial score (nSPS) is 10.9. The van der Waals surface area contributed by atoms with Gasteiger partial charge in [-0.2, -0.15) is 0 Å². The quantitative estimate of drug-likeness (QED) is 0.553. The van der Waals surface area contributed by atoms with Crippen molar-refractivity contribution in [2.24, 2.45) is 0 Å². The van der Waals surface area contributed by atoms with Gasteiger partial charge in [0.1, 0.15) is 11.6 Å². The predicted molar refractivity (Wildman–Crippen MR) is 109 cm³/mol. The molecule has 0 spiro atoms. The van der Waals surface area contributed by atoms with E-state index in [2.05, 4.69) is 15.3 Å². The summed E-state index contributed by atoms with van der Waals surface area (Å²) in [6, 6.07) is 13.6. The molecule has 1 N–H and O–H groups in total. The Morgan fingerprint density at radius 3 is 2.76 bits per heavy atom. The minimum Gasteiger partial charge on any atom is -0.319 e. The minimum absolute atomic E-state index is 0.0648. The molecule has 0 saturated carbocycles. The van der Waals surface area contributed by atoms with Crippen LogP contribution in [-0.4, -0.2) is 20.4 Å². The van der Waals surface area contributed by atoms with Crippen LogP contribution in [0.5, 0.6) is 0 Å². The molecule has 6 nitrogen and oxygen atoms in total. The maximum atomic E-state index is 14.3. The number of aromatic nitrogens is 3. The molecular weight excluding hydrogens is 395 g/mol. The number of nitrogens with one attached hydrogen (secondary N) is 1. The molecule has 1 amide bonds. The van der Waals surface area contributed by atoms with Crippen molar-refractivity contribution >= 4 is 34.2 Å². The molecular formula is C21H14ClFN4O2. The monoisotopic (exact) mass is 408 g/mol. The van der Waals surface area contributed by atoms with E-state index >= 15 is 0 Å². The van der Waals surface area contributed by atoms with Crippen LogP contribution in [0.2, 0.25) is 5.02 Å². The zero-order valence-electron chi connectivity index (χ0n) is 15.2. The standard InChI is InChI=1S/C21H14ClFN4O2/c1-12-25-19-16(6-3-9-24-19)21(29)27(12)15-7-8-17(23)18(11-15)26-20(28)13-4-2-5-14(22)10-13/h2-11H,1H3,(H,26,28). The van der Waals surface area contributed by atoms with Crippen LogP contribution in [0.1, 0.15) is 16.2 Å². The maximum absolute atomic E-state index is 14.3. The number of hydrogen-bond donors (Lipinski definition) is 1. The van der Waals surface area contributed by atoms with E-state index in [9.17, 15) is 14.0 Å². The number of fused-ring (bicyclic) bond motifs is 1. The predicted octanol–water partition coefficient (Wildman–Crippen LogP) is 4.13. The lowest BCUT2D eigenvalue weighted by molar-refractivity contribution is 0.102. The second-order valence-corrected chi connectivity index (χ2v) is 6.74. The van der Waals surface area contributed by atoms with Crippen LogP contribution >= 0.6 is 11.6 Å². The van der Waals surface area contributed by atoms with Gasteiger partial charge >= 0.3 is 0 Å². The van der Waals surface area contributed by atoms with E-state index in [1.54, 1.807) is 43.5 Å². The SMILES string of the molecule is Cc1nc2ncccc2c(=O)n1-c1ccc(F)c(NC(=O)c2cccc(Cl)c2)c1. The van der Waals surface area contributed by atoms with Crippen molar-refractivity contribution in [3.05, 3.63) is 93.4 Å². The topological polar surface area (TPSA) is 76.9 Å². The number of amides is 1. The summed E-state index contributed by atoms with van der Waals surface area (Å²) in [5, 5.41) is 3.25. The first-order valence-electron chi connectivity index (χ1n) is 8.65. The number of carbonyl (C=O) groups is 1. The largest absolute Gasteiger partial charge is 0.319 e. The molecule has 144 valence electrons. The fourth-order valence-corrected chi connectivity index (χ4v) is 3.19. The van der Waals surface area contributed by atoms with Crippen LogP contribution in [0.15, 0.2) is 65.6 Å². The number of halogens is 2. The van der Waals surface area contributed by atoms with Gasteiger partial charge in [-0.25, -0.2) is 14.4 Å². The summed E-state index contributed by atoms with van der Waals surface area (Å²) in [5.41, 5.74) is 0.592. The Kier molecular flexibility index (Phi) is 4.82. The van der Waals surface area contributed by atoms with Gasteiger partial charge in [0.25, 0.3) is 11.5 Å². The summed E-state index contributed by atoms with van der Waals surface area (Å²) in [6.45, 7) is 1.66. The van der Waals surface area contributed by atoms with Gasteiger partial charge in [-0.1, -0.05) is 17.7 Å². The summed E-state index contributed by atoms with van der Waals surface area (Å²) in [5.74, 6) is -0.765. The fourth-order valence-electron chi connectivity index (χ4n) is 3.00. The van der Waals surface area contributed by atoms with Crippen LogP contribution in [0.25, 0.3) is 16.7 Å². The lowest BCUT2D eigenvalue weighted by Crippen LogP contribution is -2.23. The third-order valence-corrected chi connectivity index (χ3v) is 4.59. The number of pyridine rings is 1. The zero-order chi connectivity index (χ0) is 20.5. The van der Waals surface area contributed by atoms with Gasteiger partial charge < -0.3 is 5.32 Å². The molecule has 0 aliphatic carbocycles. The van der Waals surface area contributed by atoms with Gasteiger partial charge in [0, 0.05) is 16.8 Å². The van der Waals surface area contributed by atoms with Crippen molar-refractivity contribution in [1.82, 2.24) is 14.5 Å². The van der Waals surface area contributed by atoms with Gasteiger partial charge in [0.15, 0.2) is 5.65 Å². The number of carbonyl (C=O) groups excluding carboxylic acids is 1. The summed E-state index contributed by atoms with van der Waals surface area (Å²) in [4.78, 5) is 33.8. The third-order valence-electron chi connectivity index (χ3n) is 4.35. The Labute approximate surface area is 169 Å². The summed E-state index contributed by atoms with van der Waals surface area (Å²) >= 11 is 5.91. The molecule has 0 radical (unpaired) electrons. The number of aryl methyl sites for hydroxylation is 1. The number of benzene rings is 2. The molecule has 4 aromatic rings. The summed E-state index contributed by atoms with van der Waals surface area (Å²) in [7, 11) is 0. The van der Waals surface area contributed by atoms with E-state index in [0.29, 0.717) is 27.6 Å². The van der Waals surface area contributed by atoms with Gasteiger partial charge in [-0.15, -0.1) is 0 Å². The molecule has 2 aromatic heterocycles. The van der Waals surface area contributed by atoms with Crippen molar-refractivity contribution < 1.29 is 9.18 Å². The van der Waals surface area contributed by atoms with E-state index in [0.717, 1.165) is 0 Å². The van der Waals surface area contributed by atoms with E-state index in [1.807, 2.05) is 0 Å². The molecule has 8 heteroatoms. The number of hydrogen-bond acceptors (Lipinski definition) is 4. The first-order valence-corrected chi connectivity index (χ1v) is 9.03. The van der Waals surface area contributed by atoms with E-state index < -0.39 is 11.7 Å². The van der Waals surface area contributed by atoms with E-state index in [4.69, 9.17) is 11.6 Å². The second kappa shape index (κ2) is 7.44. The molecule has 0 fully saturated rings. The zero-order valence-corrected chi connectivity index (χ0v) is 15.9. The number of rotatable bonds is 3. The van der Waals surface area contributed by atoms with Crippen LogP contribution < -0.4 is 10.9 Å². The molecule has 0 aliphatic heterocycles. The van der Waals surface area contributed by atoms with Gasteiger partial charge in [-0.05, 0) is 55.5 Å². The summed E-state index contributed by atoms with van der Waals surface area (Å²) < 4.78 is 15.7. The van der Waals surface area contributed by atoms with Crippen molar-refractivity contribution in [3.8, 4) is 5.69 Å². The molecule has 0 aliphatic rings. The highest BCUT2D eigenvalue weighted by molar-refractivity contribution is 6.31. The van der Waals surface area contributed by atoms with Crippen molar-refractivity contribution in [2.75, 3.05) is 5.32 Å². The van der Waals surface area contributed by atoms with Gasteiger partial charge in [-0.3, -0.25) is 14.2 Å². The smallest absolute Gasteiger partial charge is 0.267 e. The first-order chi connectivity index (χ1) is 13.9. The Hall–Kier alpha value is -3.58. The molecule has 0 bridgehead atoms. The average molecular weight is 409 g/mol. The molecule has 4 rings (SSSR count). The Morgan fingerprint density at radius 1 is 1.14 bits per heavy atom. The highest BCUT2D eigenvalue weighted by Gasteiger charge is 2.14. The van der Waals surface area contributed by atoms with Crippen molar-refractivity contribution in [3.63, 3.8) is 0 Å². The lowest BCUT2D eigenvalue weighted by Gasteiger charge is -2.13. The van der Waals surface area contributed by atoms with E-state index in [-0.39, 0.29) is 16.8 Å². The third kappa shape index (κ3) is 3.60.